The Labute approximate surface area is 154 Å². The van der Waals surface area contributed by atoms with E-state index in [0.29, 0.717) is 30.1 Å². The molecule has 25 heavy (non-hydrogen) atoms. The largest absolute Gasteiger partial charge is 0.396 e. The van der Waals surface area contributed by atoms with Gasteiger partial charge in [0, 0.05) is 12.5 Å². The quantitative estimate of drug-likeness (QED) is 0.484. The van der Waals surface area contributed by atoms with E-state index >= 15 is 0 Å². The zero-order valence-electron chi connectivity index (χ0n) is 17.0. The van der Waals surface area contributed by atoms with Crippen molar-refractivity contribution in [1.82, 2.24) is 15.2 Å². The molecule has 0 saturated carbocycles. The van der Waals surface area contributed by atoms with Gasteiger partial charge in [-0.15, -0.1) is 0 Å². The molecule has 3 atom stereocenters. The van der Waals surface area contributed by atoms with Crippen molar-refractivity contribution in [2.45, 2.75) is 85.5 Å². The van der Waals surface area contributed by atoms with E-state index in [4.69, 9.17) is 5.11 Å². The van der Waals surface area contributed by atoms with Gasteiger partial charge in [0.1, 0.15) is 12.2 Å². The number of alkyl halides is 1. The number of aromatic amines is 1. The normalized spacial score (nSPS) is 14.7. The minimum absolute atomic E-state index is 0.226. The topological polar surface area (TPSA) is 61.8 Å². The molecule has 0 aliphatic heterocycles. The Balaban J connectivity index is 0.000000477. The molecule has 1 rings (SSSR count). The number of aliphatic hydroxyl groups excluding tert-OH is 1. The molecule has 0 aromatic carbocycles. The number of hydrogen-bond acceptors (Lipinski definition) is 3. The molecule has 0 fully saturated rings. The standard InChI is InChI=1S/C11H21N3.C9H19FO/c1-4-6-7-10(9(3)5-2)11-12-8-13-14-11;1-8(2)9(7-11)5-3-4-6-10/h8-10H,4-7H2,1-3H3,(H,12,13,14);8-9,11H,3-7H2,1-2H3. The summed E-state index contributed by atoms with van der Waals surface area (Å²) in [6.45, 7) is 11.0. The maximum Gasteiger partial charge on any atom is 0.137 e. The first-order valence-corrected chi connectivity index (χ1v) is 10.0. The highest BCUT2D eigenvalue weighted by Gasteiger charge is 2.19. The third-order valence-corrected chi connectivity index (χ3v) is 5.12. The van der Waals surface area contributed by atoms with E-state index in [9.17, 15) is 4.39 Å². The first-order chi connectivity index (χ1) is 12.0. The summed E-state index contributed by atoms with van der Waals surface area (Å²) in [5.74, 6) is 3.19. The van der Waals surface area contributed by atoms with Crippen molar-refractivity contribution < 1.29 is 9.50 Å². The molecular weight excluding hydrogens is 317 g/mol. The number of rotatable bonds is 12. The molecule has 0 spiro atoms. The fourth-order valence-electron chi connectivity index (χ4n) is 2.93. The number of unbranched alkanes of at least 4 members (excludes halogenated alkanes) is 2. The number of nitrogens with one attached hydrogen (secondary N) is 1. The summed E-state index contributed by atoms with van der Waals surface area (Å²) >= 11 is 0. The van der Waals surface area contributed by atoms with E-state index < -0.39 is 0 Å². The summed E-state index contributed by atoms with van der Waals surface area (Å²) in [4.78, 5) is 4.27. The van der Waals surface area contributed by atoms with Crippen LogP contribution in [0.2, 0.25) is 0 Å². The molecule has 0 saturated heterocycles. The molecule has 0 bridgehead atoms. The molecule has 0 aliphatic carbocycles. The molecule has 1 aromatic heterocycles. The highest BCUT2D eigenvalue weighted by atomic mass is 19.1. The molecule has 148 valence electrons. The summed E-state index contributed by atoms with van der Waals surface area (Å²) in [5.41, 5.74) is 0. The Hall–Kier alpha value is -0.970. The zero-order chi connectivity index (χ0) is 19.1. The van der Waals surface area contributed by atoms with Gasteiger partial charge in [-0.3, -0.25) is 9.49 Å². The van der Waals surface area contributed by atoms with Crippen molar-refractivity contribution in [1.29, 1.82) is 0 Å². The van der Waals surface area contributed by atoms with Crippen LogP contribution in [0, 0.1) is 17.8 Å². The van der Waals surface area contributed by atoms with Crippen molar-refractivity contribution in [3.8, 4) is 0 Å². The van der Waals surface area contributed by atoms with Crippen molar-refractivity contribution >= 4 is 0 Å². The second kappa shape index (κ2) is 15.3. The van der Waals surface area contributed by atoms with Gasteiger partial charge >= 0.3 is 0 Å². The van der Waals surface area contributed by atoms with Gasteiger partial charge < -0.3 is 5.11 Å². The van der Waals surface area contributed by atoms with Crippen LogP contribution < -0.4 is 0 Å². The summed E-state index contributed by atoms with van der Waals surface area (Å²) < 4.78 is 11.7. The van der Waals surface area contributed by atoms with Crippen LogP contribution in [0.1, 0.15) is 91.3 Å². The van der Waals surface area contributed by atoms with E-state index in [-0.39, 0.29) is 13.3 Å². The van der Waals surface area contributed by atoms with Crippen molar-refractivity contribution in [2.75, 3.05) is 13.3 Å². The number of halogens is 1. The number of aromatic nitrogens is 3. The summed E-state index contributed by atoms with van der Waals surface area (Å²) in [7, 11) is 0. The first kappa shape index (κ1) is 24.0. The predicted octanol–water partition coefficient (Wildman–Crippen LogP) is 5.52. The van der Waals surface area contributed by atoms with Crippen LogP contribution in [0.15, 0.2) is 6.33 Å². The van der Waals surface area contributed by atoms with E-state index in [0.717, 1.165) is 18.7 Å². The van der Waals surface area contributed by atoms with Crippen LogP contribution in [0.25, 0.3) is 0 Å². The van der Waals surface area contributed by atoms with Gasteiger partial charge in [-0.25, -0.2) is 4.98 Å². The van der Waals surface area contributed by atoms with Gasteiger partial charge in [0.15, 0.2) is 0 Å². The summed E-state index contributed by atoms with van der Waals surface area (Å²) in [6.07, 6.45) is 9.06. The summed E-state index contributed by atoms with van der Waals surface area (Å²) in [6, 6.07) is 0. The molecule has 4 nitrogen and oxygen atoms in total. The molecular formula is C20H40FN3O. The van der Waals surface area contributed by atoms with Crippen LogP contribution in [0.3, 0.4) is 0 Å². The first-order valence-electron chi connectivity index (χ1n) is 10.0. The Bertz CT molecular complexity index is 384. The van der Waals surface area contributed by atoms with Crippen LogP contribution in [0.4, 0.5) is 4.39 Å². The maximum absolute atomic E-state index is 11.7. The minimum Gasteiger partial charge on any atom is -0.396 e. The lowest BCUT2D eigenvalue weighted by Gasteiger charge is -2.20. The number of hydrogen-bond donors (Lipinski definition) is 2. The fourth-order valence-corrected chi connectivity index (χ4v) is 2.93. The van der Waals surface area contributed by atoms with Crippen LogP contribution in [0.5, 0.6) is 0 Å². The van der Waals surface area contributed by atoms with Gasteiger partial charge in [0.05, 0.1) is 6.67 Å². The van der Waals surface area contributed by atoms with Gasteiger partial charge in [-0.1, -0.05) is 60.3 Å². The lowest BCUT2D eigenvalue weighted by atomic mass is 9.87. The Morgan fingerprint density at radius 2 is 1.84 bits per heavy atom. The van der Waals surface area contributed by atoms with Gasteiger partial charge in [-0.05, 0) is 37.0 Å². The van der Waals surface area contributed by atoms with Crippen LogP contribution in [-0.4, -0.2) is 33.6 Å². The molecule has 0 amide bonds. The van der Waals surface area contributed by atoms with Crippen molar-refractivity contribution in [2.24, 2.45) is 17.8 Å². The Kier molecular flexibility index (Phi) is 14.7. The highest BCUT2D eigenvalue weighted by molar-refractivity contribution is 4.95. The molecule has 0 radical (unpaired) electrons. The molecule has 1 heterocycles. The van der Waals surface area contributed by atoms with Crippen LogP contribution in [-0.2, 0) is 0 Å². The van der Waals surface area contributed by atoms with E-state index in [1.165, 1.54) is 25.7 Å². The summed E-state index contributed by atoms with van der Waals surface area (Å²) in [5, 5.41) is 15.8. The fraction of sp³-hybridized carbons (Fsp3) is 0.900. The smallest absolute Gasteiger partial charge is 0.137 e. The average Bonchev–Trinajstić information content (AvgIpc) is 3.13. The lowest BCUT2D eigenvalue weighted by Crippen LogP contribution is -2.13. The minimum atomic E-state index is -0.226. The lowest BCUT2D eigenvalue weighted by molar-refractivity contribution is 0.177. The number of H-pyrrole nitrogens is 1. The van der Waals surface area contributed by atoms with Crippen LogP contribution >= 0.6 is 0 Å². The average molecular weight is 358 g/mol. The second-order valence-electron chi connectivity index (χ2n) is 7.38. The van der Waals surface area contributed by atoms with E-state index in [2.05, 4.69) is 49.8 Å². The molecule has 0 aliphatic rings. The Morgan fingerprint density at radius 1 is 1.12 bits per heavy atom. The SMILES string of the molecule is CC(C)C(CO)CCCCF.CCCCC(c1ncn[nH]1)C(C)CC. The molecule has 3 unspecified atom stereocenters. The van der Waals surface area contributed by atoms with Gasteiger partial charge in [-0.2, -0.15) is 5.10 Å². The zero-order valence-corrected chi connectivity index (χ0v) is 17.0. The maximum atomic E-state index is 11.7. The number of nitrogens with zero attached hydrogens (tertiary/aromatic N) is 2. The molecule has 2 N–H and O–H groups in total. The third kappa shape index (κ3) is 10.6. The van der Waals surface area contributed by atoms with Crippen molar-refractivity contribution in [3.05, 3.63) is 12.2 Å². The third-order valence-electron chi connectivity index (χ3n) is 5.12. The Morgan fingerprint density at radius 3 is 2.28 bits per heavy atom. The van der Waals surface area contributed by atoms with Gasteiger partial charge in [0.25, 0.3) is 0 Å². The highest BCUT2D eigenvalue weighted by Crippen LogP contribution is 2.29. The molecule has 1 aromatic rings. The molecule has 5 heteroatoms. The van der Waals surface area contributed by atoms with Gasteiger partial charge in [0.2, 0.25) is 0 Å². The monoisotopic (exact) mass is 357 g/mol. The predicted molar refractivity (Wildman–Crippen MR) is 103 cm³/mol. The van der Waals surface area contributed by atoms with E-state index in [1.807, 2.05) is 0 Å². The number of aliphatic hydroxyl groups is 1. The van der Waals surface area contributed by atoms with Crippen molar-refractivity contribution in [3.63, 3.8) is 0 Å². The van der Waals surface area contributed by atoms with E-state index in [1.54, 1.807) is 6.33 Å². The second-order valence-corrected chi connectivity index (χ2v) is 7.38.